The molecule has 0 heterocycles. The van der Waals surface area contributed by atoms with E-state index in [0.29, 0.717) is 11.3 Å². The van der Waals surface area contributed by atoms with Crippen molar-refractivity contribution in [3.8, 4) is 0 Å². The predicted octanol–water partition coefficient (Wildman–Crippen LogP) is 4.00. The fourth-order valence-electron chi connectivity index (χ4n) is 1.58. The van der Waals surface area contributed by atoms with Gasteiger partial charge < -0.3 is 5.11 Å². The zero-order valence-electron chi connectivity index (χ0n) is 10.6. The summed E-state index contributed by atoms with van der Waals surface area (Å²) in [6, 6.07) is 0. The number of unbranched alkanes of at least 4 members (excludes halogenated alkanes) is 1. The largest absolute Gasteiger partial charge is 0.393 e. The molecule has 0 saturated heterocycles. The van der Waals surface area contributed by atoms with Crippen LogP contribution < -0.4 is 0 Å². The topological polar surface area (TPSA) is 20.2 Å². The molecule has 0 fully saturated rings. The van der Waals surface area contributed by atoms with Crippen LogP contribution in [0.1, 0.15) is 66.7 Å². The van der Waals surface area contributed by atoms with Gasteiger partial charge in [-0.25, -0.2) is 0 Å². The summed E-state index contributed by atoms with van der Waals surface area (Å²) in [7, 11) is 0. The van der Waals surface area contributed by atoms with E-state index in [1.807, 2.05) is 0 Å². The number of aliphatic hydroxyl groups is 1. The minimum Gasteiger partial charge on any atom is -0.393 e. The maximum Gasteiger partial charge on any atom is 0.0566 e. The van der Waals surface area contributed by atoms with Crippen LogP contribution >= 0.6 is 0 Å². The normalized spacial score (nSPS) is 16.7. The summed E-state index contributed by atoms with van der Waals surface area (Å²) in [5, 5.41) is 9.91. The van der Waals surface area contributed by atoms with Crippen LogP contribution in [0.2, 0.25) is 0 Å². The van der Waals surface area contributed by atoms with Gasteiger partial charge in [-0.2, -0.15) is 0 Å². The predicted molar refractivity (Wildman–Crippen MR) is 63.4 cm³/mol. The second-order valence-electron chi connectivity index (χ2n) is 5.79. The summed E-state index contributed by atoms with van der Waals surface area (Å²) in [6.45, 7) is 11.1. The average molecular weight is 200 g/mol. The lowest BCUT2D eigenvalue weighted by Crippen LogP contribution is -2.20. The lowest BCUT2D eigenvalue weighted by molar-refractivity contribution is 0.0889. The number of rotatable bonds is 6. The molecule has 0 aromatic carbocycles. The molecule has 0 amide bonds. The zero-order chi connectivity index (χ0) is 11.2. The second-order valence-corrected chi connectivity index (χ2v) is 5.79. The smallest absolute Gasteiger partial charge is 0.0566 e. The first-order valence-corrected chi connectivity index (χ1v) is 6.05. The third-order valence-corrected chi connectivity index (χ3v) is 2.86. The maximum atomic E-state index is 9.91. The standard InChI is InChI=1S/C13H28O/c1-6-7-8-11(2)12(14)9-10-13(3,4)5/h11-12,14H,6-10H2,1-5H3. The fourth-order valence-corrected chi connectivity index (χ4v) is 1.58. The molecule has 0 aromatic heterocycles. The summed E-state index contributed by atoms with van der Waals surface area (Å²) in [5.74, 6) is 0.470. The molecular formula is C13H28O. The molecule has 0 saturated carbocycles. The molecule has 14 heavy (non-hydrogen) atoms. The molecular weight excluding hydrogens is 172 g/mol. The molecule has 0 radical (unpaired) electrons. The molecule has 1 nitrogen and oxygen atoms in total. The maximum absolute atomic E-state index is 9.91. The zero-order valence-corrected chi connectivity index (χ0v) is 10.6. The minimum absolute atomic E-state index is 0.0965. The average Bonchev–Trinajstić information content (AvgIpc) is 2.09. The van der Waals surface area contributed by atoms with Gasteiger partial charge in [0.05, 0.1) is 6.10 Å². The first-order chi connectivity index (χ1) is 6.37. The van der Waals surface area contributed by atoms with Crippen LogP contribution in [0.25, 0.3) is 0 Å². The molecule has 0 spiro atoms. The Labute approximate surface area is 89.9 Å². The minimum atomic E-state index is -0.0965. The van der Waals surface area contributed by atoms with E-state index in [0.717, 1.165) is 12.8 Å². The van der Waals surface area contributed by atoms with Crippen molar-refractivity contribution in [2.75, 3.05) is 0 Å². The number of aliphatic hydroxyl groups excluding tert-OH is 1. The molecule has 2 atom stereocenters. The molecule has 1 heteroatoms. The van der Waals surface area contributed by atoms with Gasteiger partial charge in [0, 0.05) is 0 Å². The highest BCUT2D eigenvalue weighted by atomic mass is 16.3. The molecule has 0 aliphatic rings. The van der Waals surface area contributed by atoms with Crippen molar-refractivity contribution in [2.24, 2.45) is 11.3 Å². The number of hydrogen-bond acceptors (Lipinski definition) is 1. The van der Waals surface area contributed by atoms with E-state index in [2.05, 4.69) is 34.6 Å². The van der Waals surface area contributed by atoms with Gasteiger partial charge in [0.1, 0.15) is 0 Å². The highest BCUT2D eigenvalue weighted by Gasteiger charge is 2.17. The lowest BCUT2D eigenvalue weighted by atomic mass is 9.86. The van der Waals surface area contributed by atoms with Crippen LogP contribution in [0.3, 0.4) is 0 Å². The highest BCUT2D eigenvalue weighted by Crippen LogP contribution is 2.24. The Morgan fingerprint density at radius 2 is 1.71 bits per heavy atom. The summed E-state index contributed by atoms with van der Waals surface area (Å²) in [5.41, 5.74) is 0.353. The Hall–Kier alpha value is -0.0400. The van der Waals surface area contributed by atoms with E-state index in [1.54, 1.807) is 0 Å². The molecule has 1 N–H and O–H groups in total. The monoisotopic (exact) mass is 200 g/mol. The van der Waals surface area contributed by atoms with Crippen molar-refractivity contribution < 1.29 is 5.11 Å². The Bertz CT molecular complexity index is 135. The van der Waals surface area contributed by atoms with E-state index in [4.69, 9.17) is 0 Å². The Balaban J connectivity index is 3.67. The lowest BCUT2D eigenvalue weighted by Gasteiger charge is -2.23. The fraction of sp³-hybridized carbons (Fsp3) is 1.00. The molecule has 0 aliphatic carbocycles. The third kappa shape index (κ3) is 7.37. The molecule has 86 valence electrons. The van der Waals surface area contributed by atoms with E-state index in [1.165, 1.54) is 19.3 Å². The van der Waals surface area contributed by atoms with Crippen molar-refractivity contribution in [1.82, 2.24) is 0 Å². The Morgan fingerprint density at radius 1 is 1.14 bits per heavy atom. The summed E-state index contributed by atoms with van der Waals surface area (Å²) in [4.78, 5) is 0. The first-order valence-electron chi connectivity index (χ1n) is 6.05. The van der Waals surface area contributed by atoms with Gasteiger partial charge in [-0.3, -0.25) is 0 Å². The first kappa shape index (κ1) is 14.0. The van der Waals surface area contributed by atoms with Gasteiger partial charge in [0.2, 0.25) is 0 Å². The molecule has 2 unspecified atom stereocenters. The van der Waals surface area contributed by atoms with Crippen molar-refractivity contribution in [1.29, 1.82) is 0 Å². The van der Waals surface area contributed by atoms with Gasteiger partial charge in [0.15, 0.2) is 0 Å². The van der Waals surface area contributed by atoms with E-state index >= 15 is 0 Å². The van der Waals surface area contributed by atoms with Crippen LogP contribution in [0.4, 0.5) is 0 Å². The SMILES string of the molecule is CCCCC(C)C(O)CCC(C)(C)C. The van der Waals surface area contributed by atoms with Crippen molar-refractivity contribution in [2.45, 2.75) is 72.8 Å². The van der Waals surface area contributed by atoms with Gasteiger partial charge >= 0.3 is 0 Å². The van der Waals surface area contributed by atoms with Gasteiger partial charge in [-0.1, -0.05) is 47.5 Å². The van der Waals surface area contributed by atoms with Crippen LogP contribution in [-0.4, -0.2) is 11.2 Å². The van der Waals surface area contributed by atoms with Gasteiger partial charge in [0.25, 0.3) is 0 Å². The quantitative estimate of drug-likeness (QED) is 0.687. The molecule has 0 bridgehead atoms. The van der Waals surface area contributed by atoms with E-state index < -0.39 is 0 Å². The van der Waals surface area contributed by atoms with E-state index in [-0.39, 0.29) is 6.10 Å². The van der Waals surface area contributed by atoms with Crippen molar-refractivity contribution in [3.05, 3.63) is 0 Å². The van der Waals surface area contributed by atoms with Crippen molar-refractivity contribution >= 4 is 0 Å². The van der Waals surface area contributed by atoms with Crippen LogP contribution in [0.15, 0.2) is 0 Å². The summed E-state index contributed by atoms with van der Waals surface area (Å²) >= 11 is 0. The second kappa shape index (κ2) is 6.44. The number of hydrogen-bond donors (Lipinski definition) is 1. The Morgan fingerprint density at radius 3 is 2.14 bits per heavy atom. The Kier molecular flexibility index (Phi) is 6.43. The van der Waals surface area contributed by atoms with E-state index in [9.17, 15) is 5.11 Å². The van der Waals surface area contributed by atoms with Gasteiger partial charge in [-0.05, 0) is 30.6 Å². The highest BCUT2D eigenvalue weighted by molar-refractivity contribution is 4.69. The van der Waals surface area contributed by atoms with Gasteiger partial charge in [-0.15, -0.1) is 0 Å². The molecule has 0 aliphatic heterocycles. The van der Waals surface area contributed by atoms with Crippen LogP contribution in [0, 0.1) is 11.3 Å². The van der Waals surface area contributed by atoms with Crippen LogP contribution in [-0.2, 0) is 0 Å². The molecule has 0 rings (SSSR count). The summed E-state index contributed by atoms with van der Waals surface area (Å²) in [6.07, 6.45) is 5.62. The third-order valence-electron chi connectivity index (χ3n) is 2.86. The summed E-state index contributed by atoms with van der Waals surface area (Å²) < 4.78 is 0. The molecule has 0 aromatic rings. The van der Waals surface area contributed by atoms with Crippen LogP contribution in [0.5, 0.6) is 0 Å². The van der Waals surface area contributed by atoms with Crippen molar-refractivity contribution in [3.63, 3.8) is 0 Å².